The smallest absolute Gasteiger partial charge is 0.102 e. The molecular weight excluding hydrogens is 306 g/mol. The van der Waals surface area contributed by atoms with Gasteiger partial charge >= 0.3 is 0 Å². The Hall–Kier alpha value is -1.90. The minimum Gasteiger partial charge on any atom is -0.398 e. The van der Waals surface area contributed by atoms with Crippen LogP contribution in [0.3, 0.4) is 0 Å². The van der Waals surface area contributed by atoms with E-state index in [2.05, 4.69) is 43.9 Å². The summed E-state index contributed by atoms with van der Waals surface area (Å²) in [5, 5.41) is 0. The molecule has 0 amide bonds. The summed E-state index contributed by atoms with van der Waals surface area (Å²) in [4.78, 5) is 2.45. The molecule has 1 fully saturated rings. The molecule has 3 heteroatoms. The third kappa shape index (κ3) is 3.86. The third-order valence-corrected chi connectivity index (χ3v) is 5.79. The second-order valence-electron chi connectivity index (χ2n) is 7.87. The molecule has 1 aromatic carbocycles. The molecule has 0 unspecified atom stereocenters. The Morgan fingerprint density at radius 2 is 1.68 bits per heavy atom. The van der Waals surface area contributed by atoms with E-state index in [0.29, 0.717) is 6.04 Å². The maximum absolute atomic E-state index is 6.59. The first-order valence-corrected chi connectivity index (χ1v) is 9.78. The van der Waals surface area contributed by atoms with Crippen molar-refractivity contribution >= 4 is 5.70 Å². The third-order valence-electron chi connectivity index (χ3n) is 5.79. The Balaban J connectivity index is 1.90. The molecule has 0 atom stereocenters. The van der Waals surface area contributed by atoms with Crippen LogP contribution in [0.5, 0.6) is 0 Å². The van der Waals surface area contributed by atoms with Gasteiger partial charge in [-0.3, -0.25) is 0 Å². The van der Waals surface area contributed by atoms with Crippen molar-refractivity contribution in [3.8, 4) is 0 Å². The van der Waals surface area contributed by atoms with Crippen LogP contribution in [0.4, 0.5) is 0 Å². The number of allylic oxidation sites excluding steroid dienone is 2. The molecule has 0 aromatic heterocycles. The quantitative estimate of drug-likeness (QED) is 0.852. The van der Waals surface area contributed by atoms with Crippen molar-refractivity contribution < 1.29 is 0 Å². The summed E-state index contributed by atoms with van der Waals surface area (Å²) in [5.74, 6) is 0.962. The molecule has 0 bridgehead atoms. The van der Waals surface area contributed by atoms with E-state index in [1.165, 1.54) is 66.4 Å². The Morgan fingerprint density at radius 1 is 1.04 bits per heavy atom. The molecule has 136 valence electrons. The molecule has 1 aliphatic carbocycles. The normalized spacial score (nSPS) is 20.3. The molecule has 2 aliphatic rings. The van der Waals surface area contributed by atoms with Gasteiger partial charge in [-0.05, 0) is 69.2 Å². The van der Waals surface area contributed by atoms with Gasteiger partial charge in [0.05, 0.1) is 0 Å². The molecule has 1 aromatic rings. The summed E-state index contributed by atoms with van der Waals surface area (Å²) >= 11 is 0. The van der Waals surface area contributed by atoms with Gasteiger partial charge in [0.1, 0.15) is 5.82 Å². The Morgan fingerprint density at radius 3 is 2.32 bits per heavy atom. The first kappa shape index (κ1) is 17.9. The van der Waals surface area contributed by atoms with Crippen LogP contribution in [-0.2, 0) is 0 Å². The lowest BCUT2D eigenvalue weighted by molar-refractivity contribution is 0.185. The van der Waals surface area contributed by atoms with Crippen LogP contribution in [0.25, 0.3) is 5.70 Å². The van der Waals surface area contributed by atoms with Gasteiger partial charge in [0, 0.05) is 23.8 Å². The van der Waals surface area contributed by atoms with Crippen molar-refractivity contribution in [3.05, 3.63) is 51.9 Å². The molecule has 1 aliphatic heterocycles. The first-order valence-electron chi connectivity index (χ1n) is 9.78. The number of nitrogens with two attached hydrogens (primary N) is 2. The lowest BCUT2D eigenvalue weighted by atomic mass is 9.91. The van der Waals surface area contributed by atoms with E-state index in [9.17, 15) is 0 Å². The summed E-state index contributed by atoms with van der Waals surface area (Å²) in [6.07, 6.45) is 10.9. The number of benzene rings is 1. The zero-order chi connectivity index (χ0) is 18.0. The zero-order valence-electron chi connectivity index (χ0n) is 16.1. The zero-order valence-corrected chi connectivity index (χ0v) is 16.1. The van der Waals surface area contributed by atoms with E-state index in [1.807, 2.05) is 0 Å². The van der Waals surface area contributed by atoms with Crippen LogP contribution in [0, 0.1) is 20.8 Å². The topological polar surface area (TPSA) is 55.3 Å². The molecule has 0 radical (unpaired) electrons. The second-order valence-corrected chi connectivity index (χ2v) is 7.87. The fourth-order valence-corrected chi connectivity index (χ4v) is 4.69. The van der Waals surface area contributed by atoms with Crippen molar-refractivity contribution in [2.45, 2.75) is 71.8 Å². The largest absolute Gasteiger partial charge is 0.398 e. The highest BCUT2D eigenvalue weighted by Crippen LogP contribution is 2.31. The standard InChI is InChI=1S/C22H33N3/c1-15-12-16(2)21(17(3)13-15)20(23)14-18-8-7-11-25(22(18)24)19-9-5-4-6-10-19/h12-14,19H,4-11,23-24H2,1-3H3/b20-14-. The van der Waals surface area contributed by atoms with Gasteiger partial charge < -0.3 is 16.4 Å². The summed E-state index contributed by atoms with van der Waals surface area (Å²) < 4.78 is 0. The number of nitrogens with zero attached hydrogens (tertiary/aromatic N) is 1. The van der Waals surface area contributed by atoms with E-state index in [0.717, 1.165) is 24.5 Å². The fourth-order valence-electron chi connectivity index (χ4n) is 4.69. The highest BCUT2D eigenvalue weighted by molar-refractivity contribution is 5.71. The van der Waals surface area contributed by atoms with Crippen molar-refractivity contribution in [1.29, 1.82) is 0 Å². The summed E-state index contributed by atoms with van der Waals surface area (Å²) in [5.41, 5.74) is 20.1. The SMILES string of the molecule is Cc1cc(C)c(/C(N)=C/C2=C(N)N(C3CCCCC3)CCC2)c(C)c1. The average Bonchev–Trinajstić information content (AvgIpc) is 2.56. The highest BCUT2D eigenvalue weighted by atomic mass is 15.2. The van der Waals surface area contributed by atoms with Crippen LogP contribution >= 0.6 is 0 Å². The number of hydrogen-bond acceptors (Lipinski definition) is 3. The van der Waals surface area contributed by atoms with Gasteiger partial charge in [0.2, 0.25) is 0 Å². The van der Waals surface area contributed by atoms with E-state index in [1.54, 1.807) is 0 Å². The summed E-state index contributed by atoms with van der Waals surface area (Å²) in [6.45, 7) is 7.51. The Kier molecular flexibility index (Phi) is 5.41. The molecule has 0 spiro atoms. The molecule has 3 rings (SSSR count). The van der Waals surface area contributed by atoms with Crippen molar-refractivity contribution in [2.75, 3.05) is 6.54 Å². The van der Waals surface area contributed by atoms with Crippen molar-refractivity contribution in [3.63, 3.8) is 0 Å². The lowest BCUT2D eigenvalue weighted by Gasteiger charge is -2.39. The summed E-state index contributed by atoms with van der Waals surface area (Å²) in [6, 6.07) is 5.04. The molecular formula is C22H33N3. The average molecular weight is 340 g/mol. The Bertz CT molecular complexity index is 670. The molecule has 4 N–H and O–H groups in total. The number of hydrogen-bond donors (Lipinski definition) is 2. The van der Waals surface area contributed by atoms with Crippen LogP contribution in [-0.4, -0.2) is 17.5 Å². The minimum absolute atomic E-state index is 0.626. The predicted octanol–water partition coefficient (Wildman–Crippen LogP) is 4.51. The van der Waals surface area contributed by atoms with Gasteiger partial charge in [0.25, 0.3) is 0 Å². The van der Waals surface area contributed by atoms with Gasteiger partial charge in [-0.15, -0.1) is 0 Å². The van der Waals surface area contributed by atoms with E-state index < -0.39 is 0 Å². The second kappa shape index (κ2) is 7.55. The van der Waals surface area contributed by atoms with Crippen LogP contribution in [0.15, 0.2) is 29.6 Å². The lowest BCUT2D eigenvalue weighted by Crippen LogP contribution is -2.42. The van der Waals surface area contributed by atoms with Crippen LogP contribution < -0.4 is 11.5 Å². The minimum atomic E-state index is 0.626. The predicted molar refractivity (Wildman–Crippen MR) is 107 cm³/mol. The van der Waals surface area contributed by atoms with Gasteiger partial charge in [-0.2, -0.15) is 0 Å². The van der Waals surface area contributed by atoms with Crippen LogP contribution in [0.2, 0.25) is 0 Å². The first-order chi connectivity index (χ1) is 12.0. The fraction of sp³-hybridized carbons (Fsp3) is 0.545. The van der Waals surface area contributed by atoms with Gasteiger partial charge in [-0.1, -0.05) is 37.0 Å². The summed E-state index contributed by atoms with van der Waals surface area (Å²) in [7, 11) is 0. The maximum Gasteiger partial charge on any atom is 0.102 e. The molecule has 0 saturated heterocycles. The number of aryl methyl sites for hydroxylation is 3. The van der Waals surface area contributed by atoms with E-state index in [4.69, 9.17) is 11.5 Å². The van der Waals surface area contributed by atoms with Crippen LogP contribution in [0.1, 0.15) is 67.2 Å². The van der Waals surface area contributed by atoms with E-state index >= 15 is 0 Å². The monoisotopic (exact) mass is 339 g/mol. The Labute approximate surface area is 152 Å². The van der Waals surface area contributed by atoms with Crippen molar-refractivity contribution in [1.82, 2.24) is 4.90 Å². The van der Waals surface area contributed by atoms with Gasteiger partial charge in [-0.25, -0.2) is 0 Å². The molecule has 1 heterocycles. The highest BCUT2D eigenvalue weighted by Gasteiger charge is 2.25. The van der Waals surface area contributed by atoms with E-state index in [-0.39, 0.29) is 0 Å². The molecule has 1 saturated carbocycles. The maximum atomic E-state index is 6.59. The number of rotatable bonds is 3. The molecule has 3 nitrogen and oxygen atoms in total. The molecule has 25 heavy (non-hydrogen) atoms. The van der Waals surface area contributed by atoms with Crippen molar-refractivity contribution in [2.24, 2.45) is 11.5 Å². The van der Waals surface area contributed by atoms with Gasteiger partial charge in [0.15, 0.2) is 0 Å².